The lowest BCUT2D eigenvalue weighted by molar-refractivity contribution is -0.135. The van der Waals surface area contributed by atoms with Crippen molar-refractivity contribution in [3.05, 3.63) is 41.1 Å². The van der Waals surface area contributed by atoms with Crippen LogP contribution in [0.15, 0.2) is 30.0 Å². The highest BCUT2D eigenvalue weighted by molar-refractivity contribution is 6.01. The van der Waals surface area contributed by atoms with Crippen molar-refractivity contribution in [1.29, 1.82) is 5.26 Å². The maximum atomic E-state index is 11.4. The van der Waals surface area contributed by atoms with Gasteiger partial charge < -0.3 is 9.72 Å². The highest BCUT2D eigenvalue weighted by Crippen LogP contribution is 2.24. The van der Waals surface area contributed by atoms with Crippen molar-refractivity contribution in [1.82, 2.24) is 4.98 Å². The smallest absolute Gasteiger partial charge is 0.348 e. The minimum absolute atomic E-state index is 0.00898. The summed E-state index contributed by atoms with van der Waals surface area (Å²) in [5.74, 6) is -0.622. The van der Waals surface area contributed by atoms with Crippen LogP contribution in [0.25, 0.3) is 17.0 Å². The number of carbonyl (C=O) groups is 1. The second kappa shape index (κ2) is 5.40. The normalized spacial score (nSPS) is 11.3. The van der Waals surface area contributed by atoms with Gasteiger partial charge >= 0.3 is 5.97 Å². The van der Waals surface area contributed by atoms with E-state index in [0.29, 0.717) is 0 Å². The zero-order chi connectivity index (χ0) is 13.8. The number of methoxy groups -OCH3 is 1. The summed E-state index contributed by atoms with van der Waals surface area (Å²) < 4.78 is 4.57. The zero-order valence-corrected chi connectivity index (χ0v) is 10.9. The van der Waals surface area contributed by atoms with Crippen molar-refractivity contribution < 1.29 is 9.53 Å². The minimum Gasteiger partial charge on any atom is -0.465 e. The molecular weight excluding hydrogens is 240 g/mol. The van der Waals surface area contributed by atoms with Gasteiger partial charge in [0.25, 0.3) is 0 Å². The molecule has 4 nitrogen and oxygen atoms in total. The van der Waals surface area contributed by atoms with E-state index in [4.69, 9.17) is 5.26 Å². The summed E-state index contributed by atoms with van der Waals surface area (Å²) in [4.78, 5) is 14.6. The zero-order valence-electron chi connectivity index (χ0n) is 10.9. The molecular formula is C15H14N2O2. The fourth-order valence-corrected chi connectivity index (χ4v) is 2.06. The second-order valence-corrected chi connectivity index (χ2v) is 4.10. The number of carbonyl (C=O) groups excluding carboxylic acids is 1. The number of fused-ring (bicyclic) bond motifs is 1. The first-order valence-corrected chi connectivity index (χ1v) is 6.00. The Balaban J connectivity index is 2.56. The molecule has 1 aromatic carbocycles. The molecule has 0 saturated heterocycles. The third-order valence-corrected chi connectivity index (χ3v) is 3.04. The highest BCUT2D eigenvalue weighted by atomic mass is 16.5. The van der Waals surface area contributed by atoms with Crippen LogP contribution in [0.1, 0.15) is 18.1 Å². The van der Waals surface area contributed by atoms with Gasteiger partial charge in [-0.2, -0.15) is 5.26 Å². The summed E-state index contributed by atoms with van der Waals surface area (Å²) in [6, 6.07) is 7.84. The first-order chi connectivity index (χ1) is 9.21. The number of para-hydroxylation sites is 1. The Bertz CT molecular complexity index is 690. The molecule has 19 heavy (non-hydrogen) atoms. The van der Waals surface area contributed by atoms with Crippen LogP contribution < -0.4 is 0 Å². The predicted molar refractivity (Wildman–Crippen MR) is 73.3 cm³/mol. The predicted octanol–water partition coefficient (Wildman–Crippen LogP) is 2.81. The molecule has 1 heterocycles. The quantitative estimate of drug-likeness (QED) is 0.520. The molecule has 0 aliphatic carbocycles. The third-order valence-electron chi connectivity index (χ3n) is 3.04. The number of hydrogen-bond acceptors (Lipinski definition) is 3. The van der Waals surface area contributed by atoms with Crippen molar-refractivity contribution in [2.24, 2.45) is 0 Å². The molecule has 0 unspecified atom stereocenters. The topological polar surface area (TPSA) is 65.9 Å². The first kappa shape index (κ1) is 12.9. The molecule has 0 atom stereocenters. The molecule has 0 spiro atoms. The number of ether oxygens (including phenoxy) is 1. The van der Waals surface area contributed by atoms with Gasteiger partial charge in [0.15, 0.2) is 0 Å². The van der Waals surface area contributed by atoms with E-state index in [1.165, 1.54) is 12.7 Å². The van der Waals surface area contributed by atoms with Gasteiger partial charge in [0, 0.05) is 22.7 Å². The van der Waals surface area contributed by atoms with Crippen LogP contribution in [-0.2, 0) is 16.0 Å². The number of nitrogens with zero attached hydrogens (tertiary/aromatic N) is 1. The van der Waals surface area contributed by atoms with Crippen molar-refractivity contribution in [3.63, 3.8) is 0 Å². The van der Waals surface area contributed by atoms with Crippen molar-refractivity contribution in [2.75, 3.05) is 7.11 Å². The molecule has 1 aromatic heterocycles. The Hall–Kier alpha value is -2.54. The number of nitrogens with one attached hydrogen (secondary N) is 1. The Morgan fingerprint density at radius 1 is 1.53 bits per heavy atom. The molecule has 1 N–H and O–H groups in total. The standard InChI is InChI=1S/C15H14N2O2/c1-3-10-5-4-6-13-12(9-17-14(10)13)7-11(8-16)15(18)19-2/h4-7,9,17H,3H2,1-2H3/b11-7+. The fraction of sp³-hybridized carbons (Fsp3) is 0.200. The van der Waals surface area contributed by atoms with Crippen LogP contribution in [0, 0.1) is 11.3 Å². The van der Waals surface area contributed by atoms with Crippen LogP contribution in [-0.4, -0.2) is 18.1 Å². The average Bonchev–Trinajstić information content (AvgIpc) is 2.86. The number of nitriles is 1. The number of aromatic nitrogens is 1. The molecule has 0 saturated carbocycles. The summed E-state index contributed by atoms with van der Waals surface area (Å²) >= 11 is 0. The first-order valence-electron chi connectivity index (χ1n) is 6.00. The molecule has 0 radical (unpaired) electrons. The Morgan fingerprint density at radius 2 is 2.32 bits per heavy atom. The molecule has 0 amide bonds. The average molecular weight is 254 g/mol. The molecule has 0 bridgehead atoms. The monoisotopic (exact) mass is 254 g/mol. The lowest BCUT2D eigenvalue weighted by Crippen LogP contribution is -2.02. The number of aromatic amines is 1. The molecule has 0 fully saturated rings. The van der Waals surface area contributed by atoms with Crippen molar-refractivity contribution in [3.8, 4) is 6.07 Å². The number of H-pyrrole nitrogens is 1. The van der Waals surface area contributed by atoms with Crippen LogP contribution in [0.3, 0.4) is 0 Å². The summed E-state index contributed by atoms with van der Waals surface area (Å²) in [7, 11) is 1.26. The van der Waals surface area contributed by atoms with Gasteiger partial charge in [-0.3, -0.25) is 0 Å². The van der Waals surface area contributed by atoms with E-state index in [0.717, 1.165) is 22.9 Å². The largest absolute Gasteiger partial charge is 0.465 e. The number of benzene rings is 1. The number of hydrogen-bond donors (Lipinski definition) is 1. The van der Waals surface area contributed by atoms with Crippen LogP contribution in [0.4, 0.5) is 0 Å². The van der Waals surface area contributed by atoms with Gasteiger partial charge in [-0.05, 0) is 18.1 Å². The lowest BCUT2D eigenvalue weighted by Gasteiger charge is -1.99. The molecule has 0 aliphatic rings. The van der Waals surface area contributed by atoms with E-state index < -0.39 is 5.97 Å². The Labute approximate surface area is 111 Å². The van der Waals surface area contributed by atoms with Gasteiger partial charge in [-0.1, -0.05) is 25.1 Å². The van der Waals surface area contributed by atoms with Gasteiger partial charge in [-0.15, -0.1) is 0 Å². The summed E-state index contributed by atoms with van der Waals surface area (Å²) in [5, 5.41) is 9.97. The molecule has 0 aliphatic heterocycles. The van der Waals surface area contributed by atoms with Crippen LogP contribution in [0.5, 0.6) is 0 Å². The number of rotatable bonds is 3. The van der Waals surface area contributed by atoms with E-state index in [2.05, 4.69) is 22.7 Å². The molecule has 2 rings (SSSR count). The third kappa shape index (κ3) is 2.36. The van der Waals surface area contributed by atoms with Gasteiger partial charge in [0.1, 0.15) is 11.6 Å². The Kier molecular flexibility index (Phi) is 3.67. The lowest BCUT2D eigenvalue weighted by atomic mass is 10.1. The molecule has 4 heteroatoms. The van der Waals surface area contributed by atoms with E-state index in [1.807, 2.05) is 18.2 Å². The van der Waals surface area contributed by atoms with E-state index in [9.17, 15) is 4.79 Å². The summed E-state index contributed by atoms with van der Waals surface area (Å²) in [6.07, 6.45) is 4.26. The molecule has 96 valence electrons. The Morgan fingerprint density at radius 3 is 2.95 bits per heavy atom. The number of aryl methyl sites for hydroxylation is 1. The van der Waals surface area contributed by atoms with E-state index >= 15 is 0 Å². The van der Waals surface area contributed by atoms with Gasteiger partial charge in [0.05, 0.1) is 7.11 Å². The summed E-state index contributed by atoms with van der Waals surface area (Å²) in [6.45, 7) is 2.08. The molecule has 2 aromatic rings. The van der Waals surface area contributed by atoms with Crippen molar-refractivity contribution >= 4 is 22.9 Å². The number of esters is 1. The van der Waals surface area contributed by atoms with Crippen LogP contribution in [0.2, 0.25) is 0 Å². The SMILES string of the molecule is CCc1cccc2c(/C=C(\C#N)C(=O)OC)c[nH]c12. The van der Waals surface area contributed by atoms with Gasteiger partial charge in [0.2, 0.25) is 0 Å². The van der Waals surface area contributed by atoms with Crippen molar-refractivity contribution in [2.45, 2.75) is 13.3 Å². The fourth-order valence-electron chi connectivity index (χ4n) is 2.06. The second-order valence-electron chi connectivity index (χ2n) is 4.10. The summed E-state index contributed by atoms with van der Waals surface area (Å²) in [5.41, 5.74) is 3.05. The highest BCUT2D eigenvalue weighted by Gasteiger charge is 2.11. The van der Waals surface area contributed by atoms with Gasteiger partial charge in [-0.25, -0.2) is 4.79 Å². The maximum absolute atomic E-state index is 11.4. The van der Waals surface area contributed by atoms with E-state index in [-0.39, 0.29) is 5.57 Å². The maximum Gasteiger partial charge on any atom is 0.348 e. The minimum atomic E-state index is -0.622. The van der Waals surface area contributed by atoms with E-state index in [1.54, 1.807) is 12.3 Å². The van der Waals surface area contributed by atoms with Crippen LogP contribution >= 0.6 is 0 Å².